The third-order valence-electron chi connectivity index (χ3n) is 5.88. The van der Waals surface area contributed by atoms with Crippen molar-refractivity contribution in [3.8, 4) is 0 Å². The molecule has 0 aromatic rings. The van der Waals surface area contributed by atoms with Crippen molar-refractivity contribution in [2.24, 2.45) is 10.4 Å². The minimum absolute atomic E-state index is 0.349. The van der Waals surface area contributed by atoms with Crippen molar-refractivity contribution in [1.29, 1.82) is 0 Å². The molecule has 2 unspecified atom stereocenters. The minimum Gasteiger partial charge on any atom is -0.381 e. The first-order chi connectivity index (χ1) is 11.3. The topological polar surface area (TPSA) is 54.9 Å². The van der Waals surface area contributed by atoms with E-state index in [1.807, 2.05) is 0 Å². The predicted molar refractivity (Wildman–Crippen MR) is 92.8 cm³/mol. The van der Waals surface area contributed by atoms with Gasteiger partial charge in [-0.05, 0) is 46.0 Å². The monoisotopic (exact) mass is 323 g/mol. The van der Waals surface area contributed by atoms with Crippen LogP contribution in [-0.2, 0) is 9.47 Å². The summed E-state index contributed by atoms with van der Waals surface area (Å²) in [7, 11) is 0. The number of nitrogens with one attached hydrogen (secondary N) is 2. The van der Waals surface area contributed by atoms with Gasteiger partial charge in [0.15, 0.2) is 5.96 Å². The SMILES string of the molecule is CCN=C(NC1CCOCC1)NC1CC(OCC)C12CCCC2. The number of ether oxygens (including phenoxy) is 2. The van der Waals surface area contributed by atoms with Gasteiger partial charge in [-0.25, -0.2) is 0 Å². The zero-order chi connectivity index (χ0) is 16.1. The summed E-state index contributed by atoms with van der Waals surface area (Å²) in [5.41, 5.74) is 0.349. The second kappa shape index (κ2) is 7.84. The van der Waals surface area contributed by atoms with Crippen molar-refractivity contribution in [1.82, 2.24) is 10.6 Å². The lowest BCUT2D eigenvalue weighted by atomic mass is 9.60. The first-order valence-electron chi connectivity index (χ1n) is 9.55. The Bertz CT molecular complexity index is 401. The lowest BCUT2D eigenvalue weighted by Gasteiger charge is -2.54. The Hall–Kier alpha value is -0.810. The fourth-order valence-electron chi connectivity index (χ4n) is 4.58. The van der Waals surface area contributed by atoms with E-state index in [1.165, 1.54) is 25.7 Å². The van der Waals surface area contributed by atoms with Crippen LogP contribution in [0.15, 0.2) is 4.99 Å². The molecule has 1 heterocycles. The number of guanidine groups is 1. The van der Waals surface area contributed by atoms with E-state index in [2.05, 4.69) is 29.5 Å². The van der Waals surface area contributed by atoms with Crippen molar-refractivity contribution in [2.75, 3.05) is 26.4 Å². The number of rotatable bonds is 5. The van der Waals surface area contributed by atoms with E-state index in [9.17, 15) is 0 Å². The van der Waals surface area contributed by atoms with E-state index in [0.717, 1.165) is 51.6 Å². The summed E-state index contributed by atoms with van der Waals surface area (Å²) >= 11 is 0. The van der Waals surface area contributed by atoms with E-state index < -0.39 is 0 Å². The lowest BCUT2D eigenvalue weighted by Crippen LogP contribution is -2.65. The molecule has 5 heteroatoms. The van der Waals surface area contributed by atoms with Crippen molar-refractivity contribution >= 4 is 5.96 Å². The van der Waals surface area contributed by atoms with E-state index in [-0.39, 0.29) is 0 Å². The van der Waals surface area contributed by atoms with Crippen molar-refractivity contribution in [3.63, 3.8) is 0 Å². The van der Waals surface area contributed by atoms with Crippen molar-refractivity contribution in [2.45, 2.75) is 77.0 Å². The number of hydrogen-bond donors (Lipinski definition) is 2. The van der Waals surface area contributed by atoms with Crippen LogP contribution in [0.4, 0.5) is 0 Å². The van der Waals surface area contributed by atoms with Gasteiger partial charge in [-0.15, -0.1) is 0 Å². The third kappa shape index (κ3) is 3.66. The molecule has 0 aromatic carbocycles. The minimum atomic E-state index is 0.349. The summed E-state index contributed by atoms with van der Waals surface area (Å²) in [6.07, 6.45) is 8.98. The van der Waals surface area contributed by atoms with Crippen LogP contribution in [0.2, 0.25) is 0 Å². The largest absolute Gasteiger partial charge is 0.381 e. The highest BCUT2D eigenvalue weighted by atomic mass is 16.5. The average molecular weight is 323 g/mol. The zero-order valence-corrected chi connectivity index (χ0v) is 14.8. The second-order valence-corrected chi connectivity index (χ2v) is 7.17. The second-order valence-electron chi connectivity index (χ2n) is 7.17. The Kier molecular flexibility index (Phi) is 5.81. The molecule has 0 aromatic heterocycles. The number of hydrogen-bond acceptors (Lipinski definition) is 3. The zero-order valence-electron chi connectivity index (χ0n) is 14.8. The Balaban J connectivity index is 1.60. The molecule has 5 nitrogen and oxygen atoms in total. The van der Waals surface area contributed by atoms with Gasteiger partial charge in [-0.2, -0.15) is 0 Å². The average Bonchev–Trinajstić information content (AvgIpc) is 3.08. The van der Waals surface area contributed by atoms with Crippen molar-refractivity contribution in [3.05, 3.63) is 0 Å². The maximum Gasteiger partial charge on any atom is 0.191 e. The van der Waals surface area contributed by atoms with Gasteiger partial charge in [0.2, 0.25) is 0 Å². The van der Waals surface area contributed by atoms with Gasteiger partial charge >= 0.3 is 0 Å². The van der Waals surface area contributed by atoms with E-state index >= 15 is 0 Å². The van der Waals surface area contributed by atoms with Gasteiger partial charge in [0, 0.05) is 43.9 Å². The highest BCUT2D eigenvalue weighted by Crippen LogP contribution is 2.54. The molecule has 2 aliphatic carbocycles. The fourth-order valence-corrected chi connectivity index (χ4v) is 4.58. The van der Waals surface area contributed by atoms with Crippen LogP contribution in [-0.4, -0.2) is 50.5 Å². The van der Waals surface area contributed by atoms with Gasteiger partial charge in [-0.3, -0.25) is 4.99 Å². The molecule has 1 aliphatic heterocycles. The summed E-state index contributed by atoms with van der Waals surface area (Å²) in [6, 6.07) is 1.00. The summed E-state index contributed by atoms with van der Waals surface area (Å²) in [5, 5.41) is 7.37. The molecule has 3 fully saturated rings. The third-order valence-corrected chi connectivity index (χ3v) is 5.88. The maximum atomic E-state index is 6.02. The number of aliphatic imine (C=N–C) groups is 1. The van der Waals surface area contributed by atoms with Crippen LogP contribution in [0, 0.1) is 5.41 Å². The normalized spacial score (nSPS) is 31.1. The lowest BCUT2D eigenvalue weighted by molar-refractivity contribution is -0.125. The van der Waals surface area contributed by atoms with E-state index in [0.29, 0.717) is 23.6 Å². The van der Waals surface area contributed by atoms with Crippen LogP contribution in [0.5, 0.6) is 0 Å². The first kappa shape index (κ1) is 17.0. The van der Waals surface area contributed by atoms with Crippen LogP contribution in [0.25, 0.3) is 0 Å². The molecule has 2 N–H and O–H groups in total. The van der Waals surface area contributed by atoms with Gasteiger partial charge in [0.1, 0.15) is 0 Å². The molecule has 0 radical (unpaired) electrons. The number of nitrogens with zero attached hydrogens (tertiary/aromatic N) is 1. The molecule has 1 spiro atoms. The molecule has 3 rings (SSSR count). The molecule has 1 saturated heterocycles. The van der Waals surface area contributed by atoms with Crippen molar-refractivity contribution < 1.29 is 9.47 Å². The maximum absolute atomic E-state index is 6.02. The van der Waals surface area contributed by atoms with Crippen LogP contribution < -0.4 is 10.6 Å². The summed E-state index contributed by atoms with van der Waals surface area (Å²) in [6.45, 7) is 7.57. The van der Waals surface area contributed by atoms with E-state index in [1.54, 1.807) is 0 Å². The quantitative estimate of drug-likeness (QED) is 0.603. The predicted octanol–water partition coefficient (Wildman–Crippen LogP) is 2.46. The highest BCUT2D eigenvalue weighted by Gasteiger charge is 2.57. The Labute approximate surface area is 140 Å². The molecule has 2 saturated carbocycles. The highest BCUT2D eigenvalue weighted by molar-refractivity contribution is 5.80. The van der Waals surface area contributed by atoms with Gasteiger partial charge in [-0.1, -0.05) is 12.8 Å². The van der Waals surface area contributed by atoms with Gasteiger partial charge < -0.3 is 20.1 Å². The van der Waals surface area contributed by atoms with E-state index in [4.69, 9.17) is 9.47 Å². The molecule has 23 heavy (non-hydrogen) atoms. The Morgan fingerprint density at radius 2 is 1.91 bits per heavy atom. The smallest absolute Gasteiger partial charge is 0.191 e. The molecule has 0 bridgehead atoms. The van der Waals surface area contributed by atoms with Crippen LogP contribution in [0.3, 0.4) is 0 Å². The van der Waals surface area contributed by atoms with Crippen LogP contribution in [0.1, 0.15) is 58.8 Å². The Morgan fingerprint density at radius 3 is 2.57 bits per heavy atom. The van der Waals surface area contributed by atoms with Gasteiger partial charge in [0.25, 0.3) is 0 Å². The van der Waals surface area contributed by atoms with Crippen LogP contribution >= 0.6 is 0 Å². The first-order valence-corrected chi connectivity index (χ1v) is 9.55. The van der Waals surface area contributed by atoms with Gasteiger partial charge in [0.05, 0.1) is 6.10 Å². The summed E-state index contributed by atoms with van der Waals surface area (Å²) in [5.74, 6) is 0.991. The Morgan fingerprint density at radius 1 is 1.17 bits per heavy atom. The fraction of sp³-hybridized carbons (Fsp3) is 0.944. The summed E-state index contributed by atoms with van der Waals surface area (Å²) in [4.78, 5) is 4.68. The standard InChI is InChI=1S/C18H33N3O2/c1-3-19-17(20-14-7-11-22-12-8-14)21-15-13-16(23-4-2)18(15)9-5-6-10-18/h14-16H,3-13H2,1-2H3,(H2,19,20,21). The molecule has 3 aliphatic rings. The molecule has 132 valence electrons. The molecular formula is C18H33N3O2. The molecule has 2 atom stereocenters. The summed E-state index contributed by atoms with van der Waals surface area (Å²) < 4.78 is 11.5. The molecular weight excluding hydrogens is 290 g/mol. The molecule has 0 amide bonds.